The van der Waals surface area contributed by atoms with Gasteiger partial charge in [0.15, 0.2) is 0 Å². The molecular weight excluding hydrogens is 450 g/mol. The number of nitrogens with one attached hydrogen (secondary N) is 1. The van der Waals surface area contributed by atoms with Crippen LogP contribution >= 0.6 is 0 Å². The molecule has 0 amide bonds. The number of benzene rings is 1. The molecule has 2 aromatic heterocycles. The van der Waals surface area contributed by atoms with Crippen molar-refractivity contribution in [1.29, 1.82) is 0 Å². The minimum Gasteiger partial charge on any atom is -0.379 e. The first-order chi connectivity index (χ1) is 17.5. The molecule has 0 radical (unpaired) electrons. The third kappa shape index (κ3) is 3.68. The number of fused-ring (bicyclic) bond motifs is 2. The molecule has 3 saturated carbocycles. The molecule has 190 valence electrons. The fourth-order valence-corrected chi connectivity index (χ4v) is 7.10. The maximum atomic E-state index is 5.71. The predicted octanol–water partition coefficient (Wildman–Crippen LogP) is 4.46. The van der Waals surface area contributed by atoms with E-state index in [0.29, 0.717) is 12.0 Å². The van der Waals surface area contributed by atoms with E-state index in [9.17, 15) is 0 Å². The summed E-state index contributed by atoms with van der Waals surface area (Å²) in [7, 11) is 0. The molecule has 2 unspecified atom stereocenters. The van der Waals surface area contributed by atoms with Gasteiger partial charge in [-0.25, -0.2) is 9.97 Å². The highest BCUT2D eigenvalue weighted by molar-refractivity contribution is 5.84. The standard InChI is InChI=1S/C28H37N7O/c1-18-10-22-15-29-27(32-24-16-30-35(19(24)2)26-13-20-11-21(26)12-20)31-23(22)14-25(18)33-5-7-34(8-6-33)28(3)4-9-36-17-28/h10,14-16,20-21,26H,4-9,11-13,17H2,1-3H3,(H,29,31,32). The first-order valence-corrected chi connectivity index (χ1v) is 13.6. The van der Waals surface area contributed by atoms with Crippen molar-refractivity contribution in [2.24, 2.45) is 11.8 Å². The summed E-state index contributed by atoms with van der Waals surface area (Å²) in [6, 6.07) is 5.04. The van der Waals surface area contributed by atoms with Crippen molar-refractivity contribution in [2.45, 2.75) is 58.0 Å². The zero-order chi connectivity index (χ0) is 24.4. The SMILES string of the molecule is Cc1cc2cnc(Nc3cnn(C4CC5CC4C5)c3C)nc2cc1N1CCN(C2(C)CCOC2)CC1. The molecule has 5 fully saturated rings. The summed E-state index contributed by atoms with van der Waals surface area (Å²) >= 11 is 0. The molecule has 8 rings (SSSR count). The van der Waals surface area contributed by atoms with E-state index in [1.807, 2.05) is 12.4 Å². The van der Waals surface area contributed by atoms with Crippen molar-refractivity contribution in [2.75, 3.05) is 49.6 Å². The Morgan fingerprint density at radius 3 is 2.61 bits per heavy atom. The summed E-state index contributed by atoms with van der Waals surface area (Å²) in [5, 5.41) is 9.27. The number of anilines is 3. The van der Waals surface area contributed by atoms with E-state index < -0.39 is 0 Å². The van der Waals surface area contributed by atoms with Gasteiger partial charge >= 0.3 is 0 Å². The van der Waals surface area contributed by atoms with Crippen molar-refractivity contribution in [3.8, 4) is 0 Å². The fraction of sp³-hybridized carbons (Fsp3) is 0.607. The van der Waals surface area contributed by atoms with Crippen LogP contribution in [0.3, 0.4) is 0 Å². The van der Waals surface area contributed by atoms with Gasteiger partial charge in [0.2, 0.25) is 5.95 Å². The van der Waals surface area contributed by atoms with Crippen LogP contribution in [0.2, 0.25) is 0 Å². The molecule has 3 aliphatic carbocycles. The molecule has 1 N–H and O–H groups in total. The van der Waals surface area contributed by atoms with E-state index in [4.69, 9.17) is 14.8 Å². The van der Waals surface area contributed by atoms with E-state index in [1.54, 1.807) is 0 Å². The lowest BCUT2D eigenvalue weighted by atomic mass is 9.84. The van der Waals surface area contributed by atoms with Crippen LogP contribution < -0.4 is 10.2 Å². The van der Waals surface area contributed by atoms with Crippen LogP contribution in [0.1, 0.15) is 49.9 Å². The quantitative estimate of drug-likeness (QED) is 0.570. The minimum absolute atomic E-state index is 0.197. The van der Waals surface area contributed by atoms with Crippen molar-refractivity contribution in [3.63, 3.8) is 0 Å². The van der Waals surface area contributed by atoms with Gasteiger partial charge in [-0.2, -0.15) is 5.10 Å². The predicted molar refractivity (Wildman–Crippen MR) is 142 cm³/mol. The first kappa shape index (κ1) is 22.5. The lowest BCUT2D eigenvalue weighted by molar-refractivity contribution is 0.0745. The zero-order valence-electron chi connectivity index (χ0n) is 21.7. The molecule has 4 heterocycles. The third-order valence-corrected chi connectivity index (χ3v) is 9.48. The van der Waals surface area contributed by atoms with Crippen molar-refractivity contribution < 1.29 is 4.74 Å². The molecule has 5 aliphatic rings. The van der Waals surface area contributed by atoms with E-state index in [-0.39, 0.29) is 5.54 Å². The van der Waals surface area contributed by atoms with Gasteiger partial charge in [-0.05, 0) is 76.0 Å². The molecule has 8 heteroatoms. The molecule has 0 spiro atoms. The summed E-state index contributed by atoms with van der Waals surface area (Å²) in [5.74, 6) is 2.37. The number of hydrogen-bond donors (Lipinski definition) is 1. The fourth-order valence-electron chi connectivity index (χ4n) is 7.10. The summed E-state index contributed by atoms with van der Waals surface area (Å²) in [6.07, 6.45) is 9.05. The van der Waals surface area contributed by atoms with E-state index in [1.165, 1.54) is 36.2 Å². The Hall–Kier alpha value is -2.71. The number of ether oxygens (including phenoxy) is 1. The topological polar surface area (TPSA) is 71.3 Å². The van der Waals surface area contributed by atoms with Gasteiger partial charge in [0.1, 0.15) is 0 Å². The van der Waals surface area contributed by atoms with Crippen LogP contribution in [0.25, 0.3) is 10.9 Å². The number of nitrogens with zero attached hydrogens (tertiary/aromatic N) is 6. The van der Waals surface area contributed by atoms with E-state index in [2.05, 4.69) is 57.7 Å². The summed E-state index contributed by atoms with van der Waals surface area (Å²) in [6.45, 7) is 12.6. The lowest BCUT2D eigenvalue weighted by Gasteiger charge is -2.44. The van der Waals surface area contributed by atoms with Crippen molar-refractivity contribution in [1.82, 2.24) is 24.6 Å². The van der Waals surface area contributed by atoms with Crippen LogP contribution in [0.4, 0.5) is 17.3 Å². The first-order valence-electron chi connectivity index (χ1n) is 13.6. The Balaban J connectivity index is 1.09. The number of aryl methyl sites for hydroxylation is 1. The highest BCUT2D eigenvalue weighted by Gasteiger charge is 2.46. The summed E-state index contributed by atoms with van der Waals surface area (Å²) < 4.78 is 7.94. The highest BCUT2D eigenvalue weighted by atomic mass is 16.5. The Labute approximate surface area is 213 Å². The molecule has 1 aromatic carbocycles. The number of rotatable bonds is 5. The largest absolute Gasteiger partial charge is 0.379 e. The van der Waals surface area contributed by atoms with Gasteiger partial charge in [-0.3, -0.25) is 9.58 Å². The second-order valence-electron chi connectivity index (χ2n) is 11.8. The maximum absolute atomic E-state index is 5.71. The Morgan fingerprint density at radius 1 is 1.06 bits per heavy atom. The van der Waals surface area contributed by atoms with Crippen LogP contribution in [0, 0.1) is 25.7 Å². The summed E-state index contributed by atoms with van der Waals surface area (Å²) in [5.41, 5.74) is 5.92. The monoisotopic (exact) mass is 487 g/mol. The Morgan fingerprint density at radius 2 is 1.89 bits per heavy atom. The molecule has 2 aliphatic heterocycles. The van der Waals surface area contributed by atoms with Gasteiger partial charge in [0.05, 0.1) is 35.7 Å². The second-order valence-corrected chi connectivity index (χ2v) is 11.8. The number of aromatic nitrogens is 4. The maximum Gasteiger partial charge on any atom is 0.227 e. The van der Waals surface area contributed by atoms with Crippen molar-refractivity contribution >= 4 is 28.2 Å². The average molecular weight is 488 g/mol. The van der Waals surface area contributed by atoms with Gasteiger partial charge in [0, 0.05) is 55.6 Å². The van der Waals surface area contributed by atoms with Crippen molar-refractivity contribution in [3.05, 3.63) is 35.8 Å². The highest BCUT2D eigenvalue weighted by Crippen LogP contribution is 2.55. The Bertz CT molecular complexity index is 1280. The zero-order valence-corrected chi connectivity index (χ0v) is 21.7. The van der Waals surface area contributed by atoms with Crippen LogP contribution in [-0.4, -0.2) is 69.6 Å². The van der Waals surface area contributed by atoms with Gasteiger partial charge in [-0.1, -0.05) is 0 Å². The molecule has 2 saturated heterocycles. The van der Waals surface area contributed by atoms with Crippen LogP contribution in [-0.2, 0) is 4.74 Å². The molecule has 8 nitrogen and oxygen atoms in total. The smallest absolute Gasteiger partial charge is 0.227 e. The Kier molecular flexibility index (Phi) is 5.26. The van der Waals surface area contributed by atoms with Crippen LogP contribution in [0.15, 0.2) is 24.5 Å². The normalized spacial score (nSPS) is 30.2. The van der Waals surface area contributed by atoms with Gasteiger partial charge in [-0.15, -0.1) is 0 Å². The third-order valence-electron chi connectivity index (χ3n) is 9.48. The second kappa shape index (κ2) is 8.42. The van der Waals surface area contributed by atoms with E-state index in [0.717, 1.165) is 74.2 Å². The molecule has 2 atom stereocenters. The van der Waals surface area contributed by atoms with Gasteiger partial charge in [0.25, 0.3) is 0 Å². The molecule has 3 aromatic rings. The number of hydrogen-bond acceptors (Lipinski definition) is 7. The molecule has 36 heavy (non-hydrogen) atoms. The lowest BCUT2D eigenvalue weighted by Crippen LogP contribution is -2.56. The minimum atomic E-state index is 0.197. The molecular formula is C28H37N7O. The van der Waals surface area contributed by atoms with E-state index >= 15 is 0 Å². The van der Waals surface area contributed by atoms with Gasteiger partial charge < -0.3 is 15.0 Å². The number of piperazine rings is 1. The summed E-state index contributed by atoms with van der Waals surface area (Å²) in [4.78, 5) is 14.7. The average Bonchev–Trinajstić information content (AvgIpc) is 3.64. The molecule has 2 bridgehead atoms. The van der Waals surface area contributed by atoms with Crippen LogP contribution in [0.5, 0.6) is 0 Å².